The van der Waals surface area contributed by atoms with Gasteiger partial charge in [-0.15, -0.1) is 0 Å². The number of aromatic nitrogens is 4. The SMILES string of the molecule is OC[C@@H](Nc1ccc(-c2nc(N3CCNCC3)c3c(C4CC4)cncc3n2)cn1)c1ccccc1. The summed E-state index contributed by atoms with van der Waals surface area (Å²) in [5, 5.41) is 17.8. The fourth-order valence-electron chi connectivity index (χ4n) is 4.74. The van der Waals surface area contributed by atoms with Crippen LogP contribution in [0.25, 0.3) is 22.3 Å². The predicted octanol–water partition coefficient (Wildman–Crippen LogP) is 3.52. The van der Waals surface area contributed by atoms with Crippen LogP contribution in [0.2, 0.25) is 0 Å². The van der Waals surface area contributed by atoms with E-state index in [0.29, 0.717) is 17.6 Å². The van der Waals surface area contributed by atoms with Crippen molar-refractivity contribution in [3.8, 4) is 11.4 Å². The number of aliphatic hydroxyl groups excluding tert-OH is 1. The van der Waals surface area contributed by atoms with Crippen LogP contribution >= 0.6 is 0 Å². The minimum Gasteiger partial charge on any atom is -0.394 e. The summed E-state index contributed by atoms with van der Waals surface area (Å²) in [6.45, 7) is 3.70. The van der Waals surface area contributed by atoms with E-state index in [2.05, 4.69) is 25.5 Å². The molecule has 8 heteroatoms. The van der Waals surface area contributed by atoms with Crippen LogP contribution in [0.1, 0.15) is 35.9 Å². The van der Waals surface area contributed by atoms with Crippen molar-refractivity contribution in [1.29, 1.82) is 0 Å². The number of rotatable bonds is 7. The van der Waals surface area contributed by atoms with Crippen molar-refractivity contribution in [2.45, 2.75) is 24.8 Å². The van der Waals surface area contributed by atoms with Gasteiger partial charge in [-0.2, -0.15) is 0 Å². The first kappa shape index (κ1) is 21.9. The van der Waals surface area contributed by atoms with E-state index >= 15 is 0 Å². The molecule has 178 valence electrons. The van der Waals surface area contributed by atoms with Gasteiger partial charge in [0, 0.05) is 49.5 Å². The van der Waals surface area contributed by atoms with Crippen molar-refractivity contribution in [1.82, 2.24) is 25.3 Å². The molecule has 8 nitrogen and oxygen atoms in total. The van der Waals surface area contributed by atoms with Gasteiger partial charge in [-0.1, -0.05) is 30.3 Å². The van der Waals surface area contributed by atoms with E-state index in [0.717, 1.165) is 54.0 Å². The Morgan fingerprint density at radius 2 is 1.83 bits per heavy atom. The zero-order valence-electron chi connectivity index (χ0n) is 19.6. The maximum Gasteiger partial charge on any atom is 0.163 e. The largest absolute Gasteiger partial charge is 0.394 e. The van der Waals surface area contributed by atoms with Gasteiger partial charge in [0.15, 0.2) is 5.82 Å². The molecule has 1 saturated heterocycles. The number of hydrogen-bond donors (Lipinski definition) is 3. The van der Waals surface area contributed by atoms with E-state index in [-0.39, 0.29) is 12.6 Å². The van der Waals surface area contributed by atoms with Crippen LogP contribution in [0.15, 0.2) is 61.1 Å². The molecule has 0 spiro atoms. The number of benzene rings is 1. The zero-order valence-corrected chi connectivity index (χ0v) is 19.6. The number of fused-ring (bicyclic) bond motifs is 1. The molecule has 6 rings (SSSR count). The summed E-state index contributed by atoms with van der Waals surface area (Å²) in [5.74, 6) is 2.92. The molecule has 1 saturated carbocycles. The van der Waals surface area contributed by atoms with E-state index in [9.17, 15) is 5.11 Å². The van der Waals surface area contributed by atoms with Gasteiger partial charge in [-0.05, 0) is 42.0 Å². The molecule has 1 aromatic carbocycles. The summed E-state index contributed by atoms with van der Waals surface area (Å²) < 4.78 is 0. The molecule has 2 aliphatic rings. The number of aliphatic hydroxyl groups is 1. The molecule has 3 N–H and O–H groups in total. The van der Waals surface area contributed by atoms with Crippen molar-refractivity contribution in [2.75, 3.05) is 43.0 Å². The topological polar surface area (TPSA) is 99.1 Å². The standard InChI is InChI=1S/C27H29N7O/c35-17-23(19-4-2-1-3-5-19)31-24-9-8-20(14-30-24)26-32-22-16-29-15-21(18-6-7-18)25(22)27(33-26)34-12-10-28-11-13-34/h1-5,8-9,14-16,18,23,28,35H,6-7,10-13,17H2,(H,30,31)/t23-/m1/s1. The maximum atomic E-state index is 9.87. The quantitative estimate of drug-likeness (QED) is 0.380. The van der Waals surface area contributed by atoms with Crippen molar-refractivity contribution in [3.05, 3.63) is 72.2 Å². The summed E-state index contributed by atoms with van der Waals surface area (Å²) in [6.07, 6.45) is 8.07. The Kier molecular flexibility index (Phi) is 5.98. The smallest absolute Gasteiger partial charge is 0.163 e. The average Bonchev–Trinajstić information content (AvgIpc) is 3.78. The molecule has 2 fully saturated rings. The second-order valence-electron chi connectivity index (χ2n) is 9.23. The van der Waals surface area contributed by atoms with Gasteiger partial charge in [0.05, 0.1) is 24.4 Å². The van der Waals surface area contributed by atoms with Gasteiger partial charge in [-0.25, -0.2) is 15.0 Å². The molecule has 0 amide bonds. The highest BCUT2D eigenvalue weighted by atomic mass is 16.3. The number of piperazine rings is 1. The van der Waals surface area contributed by atoms with Gasteiger partial charge in [0.2, 0.25) is 0 Å². The molecule has 0 bridgehead atoms. The van der Waals surface area contributed by atoms with E-state index in [1.165, 1.54) is 18.4 Å². The Balaban J connectivity index is 1.34. The van der Waals surface area contributed by atoms with Gasteiger partial charge in [0.25, 0.3) is 0 Å². The fraction of sp³-hybridized carbons (Fsp3) is 0.333. The van der Waals surface area contributed by atoms with Crippen LogP contribution in [0, 0.1) is 0 Å². The van der Waals surface area contributed by atoms with Crippen LogP contribution < -0.4 is 15.5 Å². The van der Waals surface area contributed by atoms with E-state index < -0.39 is 0 Å². The first-order valence-electron chi connectivity index (χ1n) is 12.3. The normalized spacial score (nSPS) is 16.9. The van der Waals surface area contributed by atoms with Crippen LogP contribution in [0.4, 0.5) is 11.6 Å². The monoisotopic (exact) mass is 467 g/mol. The summed E-state index contributed by atoms with van der Waals surface area (Å²) in [4.78, 5) is 21.5. The Labute approximate surface area is 204 Å². The number of anilines is 2. The Morgan fingerprint density at radius 1 is 1.00 bits per heavy atom. The highest BCUT2D eigenvalue weighted by Crippen LogP contribution is 2.44. The number of nitrogens with zero attached hydrogens (tertiary/aromatic N) is 5. The molecule has 3 aromatic heterocycles. The lowest BCUT2D eigenvalue weighted by Crippen LogP contribution is -2.44. The molecular weight excluding hydrogens is 438 g/mol. The molecule has 35 heavy (non-hydrogen) atoms. The molecule has 1 aliphatic carbocycles. The molecule has 0 radical (unpaired) electrons. The van der Waals surface area contributed by atoms with Crippen molar-refractivity contribution in [2.24, 2.45) is 0 Å². The molecule has 1 aliphatic heterocycles. The maximum absolute atomic E-state index is 9.87. The minimum absolute atomic E-state index is 0.0222. The van der Waals surface area contributed by atoms with Crippen LogP contribution in [-0.2, 0) is 0 Å². The third kappa shape index (κ3) is 4.54. The second-order valence-corrected chi connectivity index (χ2v) is 9.23. The highest BCUT2D eigenvalue weighted by Gasteiger charge is 2.29. The lowest BCUT2D eigenvalue weighted by atomic mass is 10.1. The first-order chi connectivity index (χ1) is 17.3. The van der Waals surface area contributed by atoms with E-state index in [4.69, 9.17) is 9.97 Å². The third-order valence-corrected chi connectivity index (χ3v) is 6.78. The molecule has 4 heterocycles. The molecule has 4 aromatic rings. The van der Waals surface area contributed by atoms with E-state index in [1.54, 1.807) is 6.20 Å². The van der Waals surface area contributed by atoms with Crippen molar-refractivity contribution < 1.29 is 5.11 Å². The molecule has 0 unspecified atom stereocenters. The van der Waals surface area contributed by atoms with Gasteiger partial charge in [0.1, 0.15) is 11.6 Å². The van der Waals surface area contributed by atoms with Crippen molar-refractivity contribution in [3.63, 3.8) is 0 Å². The Hall–Kier alpha value is -3.62. The zero-order chi connectivity index (χ0) is 23.6. The summed E-state index contributed by atoms with van der Waals surface area (Å²) in [7, 11) is 0. The van der Waals surface area contributed by atoms with Crippen LogP contribution in [0.3, 0.4) is 0 Å². The second kappa shape index (κ2) is 9.56. The first-order valence-corrected chi connectivity index (χ1v) is 12.3. The van der Waals surface area contributed by atoms with Crippen LogP contribution in [0.5, 0.6) is 0 Å². The lowest BCUT2D eigenvalue weighted by Gasteiger charge is -2.30. The molecular formula is C27H29N7O. The summed E-state index contributed by atoms with van der Waals surface area (Å²) in [6, 6.07) is 13.6. The van der Waals surface area contributed by atoms with Gasteiger partial charge < -0.3 is 20.6 Å². The average molecular weight is 468 g/mol. The predicted molar refractivity (Wildman–Crippen MR) is 138 cm³/mol. The summed E-state index contributed by atoms with van der Waals surface area (Å²) in [5.41, 5.74) is 4.03. The molecule has 1 atom stereocenters. The number of nitrogens with one attached hydrogen (secondary N) is 2. The fourth-order valence-corrected chi connectivity index (χ4v) is 4.74. The van der Waals surface area contributed by atoms with E-state index in [1.807, 2.05) is 54.9 Å². The van der Waals surface area contributed by atoms with Gasteiger partial charge >= 0.3 is 0 Å². The van der Waals surface area contributed by atoms with Crippen LogP contribution in [-0.4, -0.2) is 57.8 Å². The van der Waals surface area contributed by atoms with Crippen molar-refractivity contribution >= 4 is 22.5 Å². The minimum atomic E-state index is -0.224. The lowest BCUT2D eigenvalue weighted by molar-refractivity contribution is 0.276. The Morgan fingerprint density at radius 3 is 2.54 bits per heavy atom. The number of pyridine rings is 2. The summed E-state index contributed by atoms with van der Waals surface area (Å²) >= 11 is 0. The Bertz CT molecular complexity index is 1300. The third-order valence-electron chi connectivity index (χ3n) is 6.78. The highest BCUT2D eigenvalue weighted by molar-refractivity contribution is 5.94. The van der Waals surface area contributed by atoms with Gasteiger partial charge in [-0.3, -0.25) is 4.98 Å². The number of hydrogen-bond acceptors (Lipinski definition) is 8.